The Kier molecular flexibility index (Phi) is 10.3. The second-order valence-electron chi connectivity index (χ2n) is 19.7. The van der Waals surface area contributed by atoms with Gasteiger partial charge in [-0.05, 0) is 143 Å². The maximum absolute atomic E-state index is 15.5. The lowest BCUT2D eigenvalue weighted by Crippen LogP contribution is -2.36. The number of carbonyl (C=O) groups is 4. The van der Waals surface area contributed by atoms with Gasteiger partial charge in [0.05, 0.1) is 50.7 Å². The summed E-state index contributed by atoms with van der Waals surface area (Å²) < 4.78 is 22.3. The van der Waals surface area contributed by atoms with Crippen LogP contribution in [0.3, 0.4) is 0 Å². The minimum absolute atomic E-state index is 0.0662. The van der Waals surface area contributed by atoms with Gasteiger partial charge in [0.15, 0.2) is 0 Å². The molecule has 4 amide bonds. The number of methoxy groups -OCH3 is 4. The maximum Gasteiger partial charge on any atom is 0.262 e. The number of ether oxygens (including phenoxy) is 4. The summed E-state index contributed by atoms with van der Waals surface area (Å²) in [6, 6.07) is 55.2. The highest BCUT2D eigenvalue weighted by Crippen LogP contribution is 2.60. The predicted molar refractivity (Wildman–Crippen MR) is 300 cm³/mol. The van der Waals surface area contributed by atoms with Crippen LogP contribution in [0, 0.1) is 0 Å². The zero-order chi connectivity index (χ0) is 52.4. The standard InChI is InChI=1S/C67H46N2O8/c1-74-42-26-18-38(19-27-42)52-56-46-14-5-10-36-11-6-15-47(50(36)46)57(56)53(39-20-28-43(75-2)29-21-39)61-60(52)64(70)68(65(61)71)34-9-35-69-66(72)62-54(40-22-30-44(76-3)31-23-40)58-48-16-7-12-37-13-8-17-49(51(37)48)59(58)55(63(62)67(69)73)41-24-32-45(77-4)33-25-41/h5-8,10-33H,9,34-35H2,1-4H3. The molecular weight excluding hydrogens is 961 g/mol. The van der Waals surface area contributed by atoms with Crippen LogP contribution in [0.25, 0.3) is 111 Å². The highest BCUT2D eigenvalue weighted by Gasteiger charge is 2.47. The smallest absolute Gasteiger partial charge is 0.262 e. The Bertz CT molecular complexity index is 3710. The van der Waals surface area contributed by atoms with Crippen molar-refractivity contribution in [3.05, 3.63) is 192 Å². The minimum atomic E-state index is -0.452. The third-order valence-electron chi connectivity index (χ3n) is 16.0. The first-order valence-corrected chi connectivity index (χ1v) is 25.6. The van der Waals surface area contributed by atoms with Crippen LogP contribution in [0.1, 0.15) is 47.9 Å². The normalized spacial score (nSPS) is 13.4. The molecule has 0 saturated heterocycles. The molecule has 10 aromatic rings. The summed E-state index contributed by atoms with van der Waals surface area (Å²) >= 11 is 0. The van der Waals surface area contributed by atoms with Crippen LogP contribution in [0.5, 0.6) is 23.0 Å². The van der Waals surface area contributed by atoms with Gasteiger partial charge in [0.2, 0.25) is 0 Å². The third-order valence-corrected chi connectivity index (χ3v) is 16.0. The summed E-state index contributed by atoms with van der Waals surface area (Å²) in [6.07, 6.45) is 0.117. The van der Waals surface area contributed by atoms with Crippen molar-refractivity contribution < 1.29 is 38.1 Å². The van der Waals surface area contributed by atoms with E-state index < -0.39 is 23.6 Å². The fraction of sp³-hybridized carbons (Fsp3) is 0.104. The van der Waals surface area contributed by atoms with Crippen molar-refractivity contribution in [3.63, 3.8) is 0 Å². The van der Waals surface area contributed by atoms with Gasteiger partial charge < -0.3 is 18.9 Å². The van der Waals surface area contributed by atoms with Crippen LogP contribution in [0.15, 0.2) is 170 Å². The number of carbonyl (C=O) groups excluding carboxylic acids is 4. The van der Waals surface area contributed by atoms with E-state index in [2.05, 4.69) is 48.5 Å². The topological polar surface area (TPSA) is 112 Å². The second-order valence-corrected chi connectivity index (χ2v) is 19.7. The van der Waals surface area contributed by atoms with E-state index in [1.165, 1.54) is 9.80 Å². The van der Waals surface area contributed by atoms with Crippen molar-refractivity contribution in [1.29, 1.82) is 0 Å². The fourth-order valence-electron chi connectivity index (χ4n) is 12.7. The lowest BCUT2D eigenvalue weighted by Gasteiger charge is -2.20. The number of hydrogen-bond acceptors (Lipinski definition) is 8. The van der Waals surface area contributed by atoms with Gasteiger partial charge in [-0.15, -0.1) is 0 Å². The first-order chi connectivity index (χ1) is 37.7. The van der Waals surface area contributed by atoms with Crippen LogP contribution < -0.4 is 18.9 Å². The van der Waals surface area contributed by atoms with Crippen LogP contribution >= 0.6 is 0 Å². The summed E-state index contributed by atoms with van der Waals surface area (Å²) in [5.74, 6) is 0.797. The van der Waals surface area contributed by atoms with E-state index in [9.17, 15) is 0 Å². The molecule has 10 aromatic carbocycles. The molecule has 10 heteroatoms. The van der Waals surface area contributed by atoms with Gasteiger partial charge in [0.25, 0.3) is 23.6 Å². The van der Waals surface area contributed by atoms with Crippen LogP contribution in [0.2, 0.25) is 0 Å². The molecule has 14 rings (SSSR count). The molecule has 0 N–H and O–H groups in total. The van der Waals surface area contributed by atoms with Crippen molar-refractivity contribution in [3.8, 4) is 112 Å². The van der Waals surface area contributed by atoms with Crippen LogP contribution in [0.4, 0.5) is 0 Å². The molecule has 0 bridgehead atoms. The van der Waals surface area contributed by atoms with Crippen molar-refractivity contribution >= 4 is 45.2 Å². The van der Waals surface area contributed by atoms with E-state index in [4.69, 9.17) is 18.9 Å². The van der Waals surface area contributed by atoms with Crippen LogP contribution in [-0.2, 0) is 0 Å². The molecule has 0 atom stereocenters. The molecule has 2 aliphatic heterocycles. The summed E-state index contributed by atoms with van der Waals surface area (Å²) in [5, 5.41) is 4.19. The molecular formula is C67H46N2O8. The van der Waals surface area contributed by atoms with Crippen molar-refractivity contribution in [2.45, 2.75) is 6.42 Å². The minimum Gasteiger partial charge on any atom is -0.497 e. The highest BCUT2D eigenvalue weighted by atomic mass is 16.5. The maximum atomic E-state index is 15.5. The molecule has 0 unspecified atom stereocenters. The Hall–Kier alpha value is -9.80. The molecule has 77 heavy (non-hydrogen) atoms. The number of rotatable bonds is 12. The lowest BCUT2D eigenvalue weighted by molar-refractivity contribution is 0.0627. The molecule has 372 valence electrons. The zero-order valence-corrected chi connectivity index (χ0v) is 42.4. The molecule has 10 nitrogen and oxygen atoms in total. The first-order valence-electron chi connectivity index (χ1n) is 25.6. The summed E-state index contributed by atoms with van der Waals surface area (Å²) in [6.45, 7) is -0.132. The van der Waals surface area contributed by atoms with E-state index in [0.29, 0.717) is 67.5 Å². The van der Waals surface area contributed by atoms with E-state index in [0.717, 1.165) is 88.3 Å². The average molecular weight is 1010 g/mol. The van der Waals surface area contributed by atoms with E-state index in [-0.39, 0.29) is 19.5 Å². The largest absolute Gasteiger partial charge is 0.497 e. The Labute approximate surface area is 443 Å². The van der Waals surface area contributed by atoms with Gasteiger partial charge in [0.1, 0.15) is 23.0 Å². The first kappa shape index (κ1) is 45.8. The third kappa shape index (κ3) is 6.54. The van der Waals surface area contributed by atoms with E-state index in [1.54, 1.807) is 28.4 Å². The molecule has 4 aliphatic rings. The molecule has 0 spiro atoms. The number of hydrogen-bond donors (Lipinski definition) is 0. The number of fused-ring (bicyclic) bond motifs is 8. The SMILES string of the molecule is COc1ccc(-c2c3c(c(-c4ccc(OC)cc4)c4c2-c2cccc5cccc-4c25)C(=O)N(CCCN2C(=O)c4c(c(-c5ccc(OC)cc5)c5c(c4-c4ccc(OC)cc4)-c4cccc6cccc-5c46)C2=O)C3=O)cc1. The molecule has 2 aliphatic carbocycles. The van der Waals surface area contributed by atoms with Gasteiger partial charge >= 0.3 is 0 Å². The predicted octanol–water partition coefficient (Wildman–Crippen LogP) is 14.3. The molecule has 0 radical (unpaired) electrons. The van der Waals surface area contributed by atoms with E-state index in [1.807, 2.05) is 121 Å². The highest BCUT2D eigenvalue weighted by molar-refractivity contribution is 6.35. The lowest BCUT2D eigenvalue weighted by atomic mass is 9.81. The average Bonchev–Trinajstić information content (AvgIpc) is 4.33. The van der Waals surface area contributed by atoms with E-state index >= 15 is 19.2 Å². The molecule has 0 aromatic heterocycles. The van der Waals surface area contributed by atoms with Crippen molar-refractivity contribution in [1.82, 2.24) is 9.80 Å². The van der Waals surface area contributed by atoms with Gasteiger partial charge in [-0.1, -0.05) is 121 Å². The quantitative estimate of drug-likeness (QED) is 0.111. The van der Waals surface area contributed by atoms with Gasteiger partial charge in [0, 0.05) is 35.3 Å². The Morgan fingerprint density at radius 1 is 0.286 bits per heavy atom. The summed E-state index contributed by atoms with van der Waals surface area (Å²) in [7, 11) is 6.44. The van der Waals surface area contributed by atoms with Crippen molar-refractivity contribution in [2.75, 3.05) is 41.5 Å². The summed E-state index contributed by atoms with van der Waals surface area (Å²) in [4.78, 5) is 64.7. The van der Waals surface area contributed by atoms with Crippen LogP contribution in [-0.4, -0.2) is 75.0 Å². The van der Waals surface area contributed by atoms with Gasteiger partial charge in [-0.25, -0.2) is 0 Å². The zero-order valence-electron chi connectivity index (χ0n) is 42.4. The second kappa shape index (κ2) is 17.4. The Morgan fingerprint density at radius 3 is 0.740 bits per heavy atom. The number of benzene rings is 10. The van der Waals surface area contributed by atoms with Gasteiger partial charge in [-0.2, -0.15) is 0 Å². The molecule has 0 fully saturated rings. The number of imide groups is 2. The van der Waals surface area contributed by atoms with Crippen molar-refractivity contribution in [2.24, 2.45) is 0 Å². The summed E-state index contributed by atoms with van der Waals surface area (Å²) in [5.41, 5.74) is 14.2. The monoisotopic (exact) mass is 1010 g/mol. The Balaban J connectivity index is 0.899. The number of nitrogens with zero attached hydrogens (tertiary/aromatic N) is 2. The Morgan fingerprint density at radius 2 is 0.519 bits per heavy atom. The van der Waals surface area contributed by atoms with Gasteiger partial charge in [-0.3, -0.25) is 29.0 Å². The molecule has 2 heterocycles. The number of amides is 4. The molecule has 0 saturated carbocycles. The fourth-order valence-corrected chi connectivity index (χ4v) is 12.7.